The molecule has 0 aromatic heterocycles. The van der Waals surface area contributed by atoms with Gasteiger partial charge in [-0.05, 0) is 35.0 Å². The van der Waals surface area contributed by atoms with E-state index >= 15 is 0 Å². The van der Waals surface area contributed by atoms with E-state index in [1.54, 1.807) is 36.4 Å². The van der Waals surface area contributed by atoms with Crippen molar-refractivity contribution in [1.82, 2.24) is 0 Å². The van der Waals surface area contributed by atoms with E-state index in [0.717, 1.165) is 47.2 Å². The average Bonchev–Trinajstić information content (AvgIpc) is 3.04. The zero-order valence-electron chi connectivity index (χ0n) is 25.8. The van der Waals surface area contributed by atoms with Crippen molar-refractivity contribution in [2.24, 2.45) is 30.7 Å². The van der Waals surface area contributed by atoms with Gasteiger partial charge < -0.3 is 20.4 Å². The maximum atomic E-state index is 12.0. The smallest absolute Gasteiger partial charge is 0.871 e. The van der Waals surface area contributed by atoms with Crippen LogP contribution in [0.4, 0.5) is 22.7 Å². The summed E-state index contributed by atoms with van der Waals surface area (Å²) in [7, 11) is -7.94. The molecule has 0 aliphatic carbocycles. The van der Waals surface area contributed by atoms with Gasteiger partial charge in [0, 0.05) is 10.8 Å². The molecule has 17 heteroatoms. The minimum Gasteiger partial charge on any atom is -0.871 e. The van der Waals surface area contributed by atoms with E-state index in [2.05, 4.69) is 20.5 Å². The molecule has 14 nitrogen and oxygen atoms in total. The summed E-state index contributed by atoms with van der Waals surface area (Å²) in [5.41, 5.74) is -0.273. The quantitative estimate of drug-likeness (QED) is 0.233. The Hall–Kier alpha value is -5.41. The van der Waals surface area contributed by atoms with Gasteiger partial charge in [-0.15, -0.1) is 0 Å². The van der Waals surface area contributed by atoms with Gasteiger partial charge in [-0.2, -0.15) is 20.5 Å². The molecule has 6 aromatic rings. The molecular formula is C32H23CrN6O8S2. The third kappa shape index (κ3) is 8.55. The first kappa shape index (κ1) is 36.4. The topological polar surface area (TPSA) is 262 Å². The summed E-state index contributed by atoms with van der Waals surface area (Å²) in [6.07, 6.45) is 0. The summed E-state index contributed by atoms with van der Waals surface area (Å²) in [5.74, 6) is -1.77. The Labute approximate surface area is 292 Å². The van der Waals surface area contributed by atoms with Gasteiger partial charge in [-0.1, -0.05) is 108 Å². The first-order valence-electron chi connectivity index (χ1n) is 13.6. The average molecular weight is 736 g/mol. The van der Waals surface area contributed by atoms with Gasteiger partial charge in [0.05, 0.1) is 32.5 Å². The van der Waals surface area contributed by atoms with Crippen molar-refractivity contribution in [3.05, 3.63) is 109 Å². The number of primary sulfonamides is 2. The van der Waals surface area contributed by atoms with Crippen molar-refractivity contribution in [2.75, 3.05) is 0 Å². The van der Waals surface area contributed by atoms with Crippen molar-refractivity contribution in [3.8, 4) is 23.0 Å². The number of fused-ring (bicyclic) bond motifs is 2. The van der Waals surface area contributed by atoms with Crippen LogP contribution in [-0.4, -0.2) is 16.8 Å². The predicted octanol–water partition coefficient (Wildman–Crippen LogP) is 4.21. The van der Waals surface area contributed by atoms with E-state index in [0.29, 0.717) is 10.8 Å². The molecule has 0 fully saturated rings. The molecule has 0 bridgehead atoms. The van der Waals surface area contributed by atoms with Crippen LogP contribution >= 0.6 is 0 Å². The van der Waals surface area contributed by atoms with Crippen molar-refractivity contribution in [2.45, 2.75) is 9.79 Å². The van der Waals surface area contributed by atoms with Crippen LogP contribution < -0.4 is 30.7 Å². The number of nitrogens with zero attached hydrogens (tertiary/aromatic N) is 4. The molecule has 0 aliphatic rings. The second-order valence-corrected chi connectivity index (χ2v) is 13.1. The van der Waals surface area contributed by atoms with E-state index in [9.17, 15) is 37.3 Å². The monoisotopic (exact) mass is 735 g/mol. The Balaban J connectivity index is 0.000000260. The van der Waals surface area contributed by atoms with Crippen LogP contribution in [0, 0.1) is 0 Å². The second-order valence-electron chi connectivity index (χ2n) is 10.0. The minimum atomic E-state index is -3.97. The predicted molar refractivity (Wildman–Crippen MR) is 171 cm³/mol. The Bertz CT molecular complexity index is 2310. The fraction of sp³-hybridized carbons (Fsp3) is 0. The van der Waals surface area contributed by atoms with Crippen LogP contribution in [0.2, 0.25) is 0 Å². The number of rotatable bonds is 6. The van der Waals surface area contributed by atoms with Gasteiger partial charge in [-0.3, -0.25) is 0 Å². The first-order valence-corrected chi connectivity index (χ1v) is 16.7. The fourth-order valence-electron chi connectivity index (χ4n) is 4.39. The van der Waals surface area contributed by atoms with E-state index < -0.39 is 31.5 Å². The molecule has 49 heavy (non-hydrogen) atoms. The Morgan fingerprint density at radius 2 is 0.816 bits per heavy atom. The minimum absolute atomic E-state index is 0. The molecule has 0 saturated heterocycles. The zero-order chi connectivity index (χ0) is 34.6. The Morgan fingerprint density at radius 3 is 1.18 bits per heavy atom. The van der Waals surface area contributed by atoms with Gasteiger partial charge in [-0.25, -0.2) is 27.1 Å². The maximum Gasteiger partial charge on any atom is 3.00 e. The van der Waals surface area contributed by atoms with Gasteiger partial charge in [0.25, 0.3) is 0 Å². The van der Waals surface area contributed by atoms with Crippen LogP contribution in [0.15, 0.2) is 139 Å². The van der Waals surface area contributed by atoms with Gasteiger partial charge in [0.15, 0.2) is 0 Å². The van der Waals surface area contributed by atoms with Gasteiger partial charge in [0.2, 0.25) is 20.0 Å². The number of benzene rings is 6. The molecular weight excluding hydrogens is 713 g/mol. The first-order chi connectivity index (χ1) is 22.7. The van der Waals surface area contributed by atoms with Crippen LogP contribution in [0.3, 0.4) is 0 Å². The molecule has 4 N–H and O–H groups in total. The number of sulfonamides is 2. The number of nitrogens with two attached hydrogens (primary N) is 2. The normalized spacial score (nSPS) is 11.8. The standard InChI is InChI=1S/2C16H13N3O4S.Cr/c2*17-24(22,23)11-6-8-14(20)13(9-11)18-19-16-12-4-2-1-3-10(12)5-7-15(16)21;/h2*1-9,20-21H,(H2,17,22,23);/q;;+3/p-3. The molecule has 0 heterocycles. The van der Waals surface area contributed by atoms with E-state index in [1.807, 2.05) is 24.3 Å². The SMILES string of the molecule is NS(=O)(=O)c1ccc([O-])c(N=Nc2c([O-])ccc3ccccc23)c1.NS(=O)(=O)c1ccc([O-])c(N=Nc2c([O-])ccc3ccccc23)c1.[Cr+3].[H+]. The molecule has 0 aliphatic heterocycles. The summed E-state index contributed by atoms with van der Waals surface area (Å²) in [6, 6.07) is 26.5. The van der Waals surface area contributed by atoms with Crippen molar-refractivity contribution in [3.63, 3.8) is 0 Å². The summed E-state index contributed by atoms with van der Waals surface area (Å²) >= 11 is 0. The number of azo groups is 2. The van der Waals surface area contributed by atoms with Crippen LogP contribution in [0.5, 0.6) is 23.0 Å². The molecule has 0 atom stereocenters. The fourth-order valence-corrected chi connectivity index (χ4v) is 5.46. The van der Waals surface area contributed by atoms with Gasteiger partial charge in [0.1, 0.15) is 0 Å². The van der Waals surface area contributed by atoms with E-state index in [4.69, 9.17) is 10.3 Å². The summed E-state index contributed by atoms with van der Waals surface area (Å²) < 4.78 is 45.4. The Kier molecular flexibility index (Phi) is 11.0. The van der Waals surface area contributed by atoms with Crippen molar-refractivity contribution in [1.29, 1.82) is 0 Å². The molecule has 0 amide bonds. The molecule has 0 saturated carbocycles. The third-order valence-electron chi connectivity index (χ3n) is 6.76. The maximum absolute atomic E-state index is 12.0. The summed E-state index contributed by atoms with van der Waals surface area (Å²) in [5, 5.41) is 75.7. The molecule has 6 aromatic carbocycles. The summed E-state index contributed by atoms with van der Waals surface area (Å²) in [6.45, 7) is 0. The largest absolute Gasteiger partial charge is 3.00 e. The molecule has 1 radical (unpaired) electrons. The second kappa shape index (κ2) is 14.8. The van der Waals surface area contributed by atoms with Crippen LogP contribution in [-0.2, 0) is 37.4 Å². The van der Waals surface area contributed by atoms with Crippen molar-refractivity contribution >= 4 is 64.3 Å². The van der Waals surface area contributed by atoms with Crippen molar-refractivity contribution < 1.29 is 56.0 Å². The van der Waals surface area contributed by atoms with Crippen LogP contribution in [0.1, 0.15) is 1.43 Å². The zero-order valence-corrected chi connectivity index (χ0v) is 27.7. The molecule has 247 valence electrons. The Morgan fingerprint density at radius 1 is 0.469 bits per heavy atom. The molecule has 0 spiro atoms. The summed E-state index contributed by atoms with van der Waals surface area (Å²) in [4.78, 5) is -0.507. The molecule has 6 rings (SSSR count). The third-order valence-corrected chi connectivity index (χ3v) is 8.58. The number of hydrogen-bond acceptors (Lipinski definition) is 12. The van der Waals surface area contributed by atoms with Crippen LogP contribution in [0.25, 0.3) is 21.5 Å². The van der Waals surface area contributed by atoms with E-state index in [-0.39, 0.29) is 62.8 Å². The van der Waals surface area contributed by atoms with E-state index in [1.165, 1.54) is 12.1 Å². The molecule has 0 unspecified atom stereocenters. The van der Waals surface area contributed by atoms with Gasteiger partial charge >= 0.3 is 18.8 Å². The number of hydrogen-bond donors (Lipinski definition) is 2.